The van der Waals surface area contributed by atoms with Crippen molar-refractivity contribution in [3.05, 3.63) is 71.8 Å². The van der Waals surface area contributed by atoms with Crippen molar-refractivity contribution in [3.8, 4) is 28.9 Å². The van der Waals surface area contributed by atoms with Crippen molar-refractivity contribution < 1.29 is 17.9 Å². The molecule has 0 saturated carbocycles. The lowest BCUT2D eigenvalue weighted by Gasteiger charge is -2.15. The van der Waals surface area contributed by atoms with Gasteiger partial charge in [-0.05, 0) is 36.8 Å². The number of aromatic nitrogens is 5. The number of benzene rings is 1. The summed E-state index contributed by atoms with van der Waals surface area (Å²) < 4.78 is 39.6. The normalized spacial score (nSPS) is 11.1. The van der Waals surface area contributed by atoms with Crippen LogP contribution in [0.5, 0.6) is 17.2 Å². The molecule has 0 aliphatic rings. The molecule has 0 saturated heterocycles. The molecule has 168 valence electrons. The summed E-state index contributed by atoms with van der Waals surface area (Å²) in [6, 6.07) is 11.4. The first-order valence-electron chi connectivity index (χ1n) is 9.48. The highest BCUT2D eigenvalue weighted by atomic mass is 35.5. The number of methoxy groups -OCH3 is 1. The first-order valence-corrected chi connectivity index (χ1v) is 11.3. The van der Waals surface area contributed by atoms with Gasteiger partial charge in [-0.3, -0.25) is 4.72 Å². The number of nitrogens with zero attached hydrogens (tertiary/aromatic N) is 5. The van der Waals surface area contributed by atoms with Gasteiger partial charge in [0.15, 0.2) is 33.3 Å². The van der Waals surface area contributed by atoms with Crippen LogP contribution < -0.4 is 14.2 Å². The Morgan fingerprint density at radius 3 is 2.30 bits per heavy atom. The smallest absolute Gasteiger partial charge is 0.280 e. The van der Waals surface area contributed by atoms with Gasteiger partial charge in [-0.15, -0.1) is 0 Å². The number of aryl methyl sites for hydroxylation is 1. The molecule has 3 heterocycles. The van der Waals surface area contributed by atoms with Crippen molar-refractivity contribution >= 4 is 27.4 Å². The number of pyridine rings is 1. The fraction of sp³-hybridized carbons (Fsp3) is 0.0952. The van der Waals surface area contributed by atoms with Crippen LogP contribution in [0.1, 0.15) is 5.56 Å². The van der Waals surface area contributed by atoms with Crippen molar-refractivity contribution in [2.75, 3.05) is 11.8 Å². The van der Waals surface area contributed by atoms with Crippen LogP contribution in [0.3, 0.4) is 0 Å². The summed E-state index contributed by atoms with van der Waals surface area (Å²) in [6.07, 6.45) is 4.44. The number of hydrogen-bond donors (Lipinski definition) is 1. The number of nitrogens with one attached hydrogen (secondary N) is 1. The molecular weight excluding hydrogens is 468 g/mol. The lowest BCUT2D eigenvalue weighted by atomic mass is 10.3. The van der Waals surface area contributed by atoms with E-state index in [9.17, 15) is 8.42 Å². The SMILES string of the molecule is COc1ccccc1Oc1c(Cl)nc(-c2ncccn2)nc1NS(=O)(=O)c1ccc(C)cn1. The van der Waals surface area contributed by atoms with Gasteiger partial charge in [-0.25, -0.2) is 24.9 Å². The van der Waals surface area contributed by atoms with Gasteiger partial charge in [0.05, 0.1) is 7.11 Å². The molecule has 1 aromatic carbocycles. The van der Waals surface area contributed by atoms with Crippen LogP contribution in [0.2, 0.25) is 5.15 Å². The number of sulfonamides is 1. The molecule has 0 unspecified atom stereocenters. The van der Waals surface area contributed by atoms with Crippen LogP contribution in [0.15, 0.2) is 66.1 Å². The maximum atomic E-state index is 13.0. The topological polar surface area (TPSA) is 129 Å². The fourth-order valence-electron chi connectivity index (χ4n) is 2.70. The number of para-hydroxylation sites is 2. The number of ether oxygens (including phenoxy) is 2. The molecule has 12 heteroatoms. The average Bonchev–Trinajstić information content (AvgIpc) is 2.82. The third-order valence-electron chi connectivity index (χ3n) is 4.26. The molecule has 4 aromatic rings. The number of halogens is 1. The zero-order chi connectivity index (χ0) is 23.4. The fourth-order valence-corrected chi connectivity index (χ4v) is 3.85. The third kappa shape index (κ3) is 4.99. The molecule has 1 N–H and O–H groups in total. The lowest BCUT2D eigenvalue weighted by molar-refractivity contribution is 0.378. The zero-order valence-electron chi connectivity index (χ0n) is 17.4. The Balaban J connectivity index is 1.82. The van der Waals surface area contributed by atoms with Crippen molar-refractivity contribution in [2.24, 2.45) is 0 Å². The molecule has 3 aromatic heterocycles. The minimum Gasteiger partial charge on any atom is -0.493 e. The second-order valence-electron chi connectivity index (χ2n) is 6.62. The van der Waals surface area contributed by atoms with E-state index in [1.54, 1.807) is 43.3 Å². The predicted molar refractivity (Wildman–Crippen MR) is 121 cm³/mol. The van der Waals surface area contributed by atoms with E-state index in [-0.39, 0.29) is 39.1 Å². The van der Waals surface area contributed by atoms with E-state index in [1.165, 1.54) is 31.8 Å². The van der Waals surface area contributed by atoms with Crippen molar-refractivity contribution in [3.63, 3.8) is 0 Å². The zero-order valence-corrected chi connectivity index (χ0v) is 19.0. The van der Waals surface area contributed by atoms with Crippen LogP contribution in [0.25, 0.3) is 11.6 Å². The van der Waals surface area contributed by atoms with Gasteiger partial charge in [-0.1, -0.05) is 29.8 Å². The van der Waals surface area contributed by atoms with Crippen molar-refractivity contribution in [1.82, 2.24) is 24.9 Å². The Kier molecular flexibility index (Phi) is 6.33. The van der Waals surface area contributed by atoms with Crippen LogP contribution in [0.4, 0.5) is 5.82 Å². The summed E-state index contributed by atoms with van der Waals surface area (Å²) in [5.41, 5.74) is 0.808. The van der Waals surface area contributed by atoms with Crippen LogP contribution >= 0.6 is 11.6 Å². The molecule has 0 radical (unpaired) electrons. The van der Waals surface area contributed by atoms with Crippen LogP contribution in [-0.4, -0.2) is 40.4 Å². The molecule has 0 spiro atoms. The summed E-state index contributed by atoms with van der Waals surface area (Å²) in [7, 11) is -2.66. The summed E-state index contributed by atoms with van der Waals surface area (Å²) >= 11 is 6.40. The lowest BCUT2D eigenvalue weighted by Crippen LogP contribution is -2.17. The van der Waals surface area contributed by atoms with Gasteiger partial charge in [0.1, 0.15) is 0 Å². The van der Waals surface area contributed by atoms with E-state index >= 15 is 0 Å². The van der Waals surface area contributed by atoms with E-state index in [0.717, 1.165) is 5.56 Å². The minimum atomic E-state index is -4.14. The van der Waals surface area contributed by atoms with Gasteiger partial charge in [-0.2, -0.15) is 8.42 Å². The Morgan fingerprint density at radius 1 is 0.909 bits per heavy atom. The van der Waals surface area contributed by atoms with E-state index in [4.69, 9.17) is 21.1 Å². The predicted octanol–water partition coefficient (Wildman–Crippen LogP) is 3.89. The van der Waals surface area contributed by atoms with Crippen molar-refractivity contribution in [1.29, 1.82) is 0 Å². The molecule has 0 aliphatic carbocycles. The Hall–Kier alpha value is -3.83. The molecule has 0 aliphatic heterocycles. The summed E-state index contributed by atoms with van der Waals surface area (Å²) in [6.45, 7) is 1.80. The third-order valence-corrected chi connectivity index (χ3v) is 5.77. The van der Waals surface area contributed by atoms with Crippen LogP contribution in [0, 0.1) is 6.92 Å². The standard InChI is InChI=1S/C21H17ClN6O4S/c1-13-8-9-16(25-12-13)33(29,30)28-19-17(32-15-7-4-3-6-14(15)31-2)18(22)26-21(27-19)20-23-10-5-11-24-20/h3-12H,1-2H3,(H,26,27,28). The maximum Gasteiger partial charge on any atom is 0.280 e. The molecule has 33 heavy (non-hydrogen) atoms. The monoisotopic (exact) mass is 484 g/mol. The molecule has 0 fully saturated rings. The van der Waals surface area contributed by atoms with Gasteiger partial charge in [0, 0.05) is 18.6 Å². The Labute approximate surface area is 194 Å². The van der Waals surface area contributed by atoms with Gasteiger partial charge >= 0.3 is 0 Å². The molecular formula is C21H17ClN6O4S. The quantitative estimate of drug-likeness (QED) is 0.388. The molecule has 4 rings (SSSR count). The highest BCUT2D eigenvalue weighted by molar-refractivity contribution is 7.92. The van der Waals surface area contributed by atoms with Crippen LogP contribution in [-0.2, 0) is 10.0 Å². The number of rotatable bonds is 7. The van der Waals surface area contributed by atoms with Gasteiger partial charge in [0.2, 0.25) is 11.6 Å². The minimum absolute atomic E-state index is 0.00235. The second-order valence-corrected chi connectivity index (χ2v) is 8.61. The van der Waals surface area contributed by atoms with E-state index in [1.807, 2.05) is 0 Å². The average molecular weight is 485 g/mol. The summed E-state index contributed by atoms with van der Waals surface area (Å²) in [5.74, 6) is 0.489. The summed E-state index contributed by atoms with van der Waals surface area (Å²) in [4.78, 5) is 20.6. The van der Waals surface area contributed by atoms with E-state index in [2.05, 4.69) is 29.6 Å². The number of hydrogen-bond acceptors (Lipinski definition) is 9. The highest BCUT2D eigenvalue weighted by Gasteiger charge is 2.24. The highest BCUT2D eigenvalue weighted by Crippen LogP contribution is 2.39. The van der Waals surface area contributed by atoms with Gasteiger partial charge < -0.3 is 9.47 Å². The molecule has 0 bridgehead atoms. The second kappa shape index (κ2) is 9.35. The van der Waals surface area contributed by atoms with E-state index < -0.39 is 10.0 Å². The Morgan fingerprint density at radius 2 is 1.64 bits per heavy atom. The first-order chi connectivity index (χ1) is 15.9. The van der Waals surface area contributed by atoms with Gasteiger partial charge in [0.25, 0.3) is 10.0 Å². The number of anilines is 1. The summed E-state index contributed by atoms with van der Waals surface area (Å²) in [5, 5.41) is -0.364. The van der Waals surface area contributed by atoms with Crippen molar-refractivity contribution in [2.45, 2.75) is 11.9 Å². The molecule has 0 amide bonds. The first kappa shape index (κ1) is 22.4. The Bertz CT molecular complexity index is 1390. The van der Waals surface area contributed by atoms with E-state index in [0.29, 0.717) is 5.75 Å². The molecule has 10 nitrogen and oxygen atoms in total. The largest absolute Gasteiger partial charge is 0.493 e. The molecule has 0 atom stereocenters. The maximum absolute atomic E-state index is 13.0.